The SMILES string of the molecule is CC.CC(O)c1ccsc1C(O)O.Cc1ccc(S(C)(=O)=O)cc1. The highest BCUT2D eigenvalue weighted by molar-refractivity contribution is 7.90. The predicted octanol–water partition coefficient (Wildman–Crippen LogP) is 3.21. The van der Waals surface area contributed by atoms with Gasteiger partial charge in [-0.2, -0.15) is 0 Å². The molecule has 0 fully saturated rings. The van der Waals surface area contributed by atoms with Gasteiger partial charge in [0.2, 0.25) is 0 Å². The molecular formula is C17H26O5S2. The number of rotatable bonds is 3. The second-order valence-electron chi connectivity index (χ2n) is 4.88. The molecule has 1 atom stereocenters. The number of aryl methyl sites for hydroxylation is 1. The first-order valence-electron chi connectivity index (χ1n) is 7.51. The van der Waals surface area contributed by atoms with E-state index >= 15 is 0 Å². The van der Waals surface area contributed by atoms with Crippen molar-refractivity contribution in [2.45, 2.75) is 45.0 Å². The normalized spacial score (nSPS) is 11.9. The number of sulfone groups is 1. The molecule has 0 saturated heterocycles. The van der Waals surface area contributed by atoms with Crippen LogP contribution in [0.5, 0.6) is 0 Å². The fourth-order valence-corrected chi connectivity index (χ4v) is 3.16. The fraction of sp³-hybridized carbons (Fsp3) is 0.412. The van der Waals surface area contributed by atoms with Gasteiger partial charge >= 0.3 is 0 Å². The summed E-state index contributed by atoms with van der Waals surface area (Å²) in [5.41, 5.74) is 1.66. The van der Waals surface area contributed by atoms with E-state index in [4.69, 9.17) is 15.3 Å². The van der Waals surface area contributed by atoms with Gasteiger partial charge in [-0.3, -0.25) is 0 Å². The zero-order chi connectivity index (χ0) is 18.9. The smallest absolute Gasteiger partial charge is 0.188 e. The van der Waals surface area contributed by atoms with Crippen LogP contribution in [0.3, 0.4) is 0 Å². The summed E-state index contributed by atoms with van der Waals surface area (Å²) in [5, 5.41) is 28.4. The molecular weight excluding hydrogens is 348 g/mol. The quantitative estimate of drug-likeness (QED) is 0.717. The third-order valence-corrected chi connectivity index (χ3v) is 4.96. The number of hydrogen-bond acceptors (Lipinski definition) is 6. The van der Waals surface area contributed by atoms with E-state index in [0.29, 0.717) is 15.3 Å². The molecule has 0 spiro atoms. The van der Waals surface area contributed by atoms with Crippen LogP contribution in [0, 0.1) is 6.92 Å². The van der Waals surface area contributed by atoms with Crippen molar-refractivity contribution in [1.29, 1.82) is 0 Å². The predicted molar refractivity (Wildman–Crippen MR) is 97.8 cm³/mol. The van der Waals surface area contributed by atoms with Gasteiger partial charge in [-0.1, -0.05) is 31.5 Å². The second kappa shape index (κ2) is 10.6. The highest BCUT2D eigenvalue weighted by Gasteiger charge is 2.13. The molecule has 3 N–H and O–H groups in total. The maximum absolute atomic E-state index is 10.9. The standard InChI is InChI=1S/C8H10O2S.C7H10O3S.C2H6/c1-7-3-5-8(6-4-7)11(2,9)10;1-4(8)5-2-3-11-6(5)7(9)10;1-2/h3-6H,1-2H3;2-4,7-10H,1H3;1-2H3. The summed E-state index contributed by atoms with van der Waals surface area (Å²) in [7, 11) is -3.02. The molecule has 24 heavy (non-hydrogen) atoms. The Morgan fingerprint density at radius 1 is 1.00 bits per heavy atom. The zero-order valence-corrected chi connectivity index (χ0v) is 16.2. The van der Waals surface area contributed by atoms with Gasteiger partial charge < -0.3 is 15.3 Å². The maximum Gasteiger partial charge on any atom is 0.188 e. The molecule has 0 aliphatic carbocycles. The fourth-order valence-electron chi connectivity index (χ4n) is 1.67. The zero-order valence-electron chi connectivity index (χ0n) is 14.6. The Kier molecular flexibility index (Phi) is 10.0. The third kappa shape index (κ3) is 7.55. The van der Waals surface area contributed by atoms with E-state index in [1.807, 2.05) is 20.8 Å². The van der Waals surface area contributed by atoms with Crippen LogP contribution in [0.2, 0.25) is 0 Å². The molecule has 0 aliphatic heterocycles. The van der Waals surface area contributed by atoms with Crippen molar-refractivity contribution in [3.63, 3.8) is 0 Å². The summed E-state index contributed by atoms with van der Waals surface area (Å²) in [5.74, 6) is 0. The Labute approximate surface area is 148 Å². The molecule has 2 aromatic rings. The first-order valence-corrected chi connectivity index (χ1v) is 10.3. The number of aliphatic hydroxyl groups excluding tert-OH is 2. The Balaban J connectivity index is 0.000000400. The maximum atomic E-state index is 10.9. The van der Waals surface area contributed by atoms with Crippen LogP contribution in [0.25, 0.3) is 0 Å². The lowest BCUT2D eigenvalue weighted by Gasteiger charge is -2.06. The van der Waals surface area contributed by atoms with Crippen molar-refractivity contribution in [2.24, 2.45) is 0 Å². The summed E-state index contributed by atoms with van der Waals surface area (Å²) in [4.78, 5) is 0.795. The Morgan fingerprint density at radius 2 is 1.50 bits per heavy atom. The minimum Gasteiger partial charge on any atom is -0.389 e. The van der Waals surface area contributed by atoms with Crippen molar-refractivity contribution in [2.75, 3.05) is 6.26 Å². The Morgan fingerprint density at radius 3 is 1.83 bits per heavy atom. The van der Waals surface area contributed by atoms with Gasteiger partial charge in [0.1, 0.15) is 0 Å². The van der Waals surface area contributed by atoms with Crippen LogP contribution >= 0.6 is 11.3 Å². The molecule has 1 heterocycles. The van der Waals surface area contributed by atoms with Gasteiger partial charge in [-0.25, -0.2) is 8.42 Å². The highest BCUT2D eigenvalue weighted by atomic mass is 32.2. The minimum atomic E-state index is -3.02. The molecule has 5 nitrogen and oxygen atoms in total. The molecule has 7 heteroatoms. The largest absolute Gasteiger partial charge is 0.389 e. The van der Waals surface area contributed by atoms with Crippen LogP contribution in [-0.2, 0) is 9.84 Å². The number of benzene rings is 1. The molecule has 0 saturated carbocycles. The molecule has 0 amide bonds. The van der Waals surface area contributed by atoms with E-state index in [1.54, 1.807) is 42.6 Å². The van der Waals surface area contributed by atoms with E-state index < -0.39 is 22.2 Å². The Hall–Kier alpha value is -1.25. The number of aliphatic hydroxyl groups is 3. The molecule has 0 radical (unpaired) electrons. The first-order chi connectivity index (χ1) is 11.1. The van der Waals surface area contributed by atoms with Gasteiger partial charge in [0.15, 0.2) is 16.1 Å². The molecule has 2 rings (SSSR count). The van der Waals surface area contributed by atoms with E-state index in [9.17, 15) is 8.42 Å². The van der Waals surface area contributed by atoms with Crippen LogP contribution < -0.4 is 0 Å². The van der Waals surface area contributed by atoms with Crippen molar-refractivity contribution in [1.82, 2.24) is 0 Å². The molecule has 1 aromatic carbocycles. The lowest BCUT2D eigenvalue weighted by atomic mass is 10.1. The lowest BCUT2D eigenvalue weighted by molar-refractivity contribution is -0.0412. The highest BCUT2D eigenvalue weighted by Crippen LogP contribution is 2.27. The van der Waals surface area contributed by atoms with Gasteiger partial charge in [-0.15, -0.1) is 11.3 Å². The summed E-state index contributed by atoms with van der Waals surface area (Å²) in [6.07, 6.45) is -0.907. The first kappa shape index (κ1) is 22.8. The van der Waals surface area contributed by atoms with E-state index in [1.165, 1.54) is 17.6 Å². The average molecular weight is 375 g/mol. The Bertz CT molecular complexity index is 664. The van der Waals surface area contributed by atoms with Gasteiger partial charge in [0, 0.05) is 6.26 Å². The minimum absolute atomic E-state index is 0.378. The van der Waals surface area contributed by atoms with Gasteiger partial charge in [0.25, 0.3) is 0 Å². The summed E-state index contributed by atoms with van der Waals surface area (Å²) in [6.45, 7) is 7.51. The van der Waals surface area contributed by atoms with Crippen LogP contribution in [-0.4, -0.2) is 30.0 Å². The number of thiophene rings is 1. The van der Waals surface area contributed by atoms with Crippen molar-refractivity contribution >= 4 is 21.2 Å². The van der Waals surface area contributed by atoms with E-state index in [-0.39, 0.29) is 0 Å². The summed E-state index contributed by atoms with van der Waals surface area (Å²) < 4.78 is 21.9. The van der Waals surface area contributed by atoms with E-state index in [2.05, 4.69) is 0 Å². The summed E-state index contributed by atoms with van der Waals surface area (Å²) >= 11 is 1.23. The van der Waals surface area contributed by atoms with E-state index in [0.717, 1.165) is 5.56 Å². The molecule has 1 unspecified atom stereocenters. The van der Waals surface area contributed by atoms with Crippen LogP contribution in [0.4, 0.5) is 0 Å². The summed E-state index contributed by atoms with van der Waals surface area (Å²) in [6, 6.07) is 8.49. The molecule has 0 bridgehead atoms. The monoisotopic (exact) mass is 374 g/mol. The van der Waals surface area contributed by atoms with Crippen molar-refractivity contribution < 1.29 is 23.7 Å². The van der Waals surface area contributed by atoms with Crippen molar-refractivity contribution in [3.05, 3.63) is 51.7 Å². The van der Waals surface area contributed by atoms with Crippen molar-refractivity contribution in [3.8, 4) is 0 Å². The van der Waals surface area contributed by atoms with Crippen LogP contribution in [0.1, 0.15) is 49.2 Å². The lowest BCUT2D eigenvalue weighted by Crippen LogP contribution is -1.98. The van der Waals surface area contributed by atoms with Gasteiger partial charge in [0.05, 0.1) is 15.9 Å². The van der Waals surface area contributed by atoms with Crippen LogP contribution in [0.15, 0.2) is 40.6 Å². The topological polar surface area (TPSA) is 94.8 Å². The molecule has 1 aromatic heterocycles. The molecule has 136 valence electrons. The average Bonchev–Trinajstić information content (AvgIpc) is 2.99. The molecule has 0 aliphatic rings. The van der Waals surface area contributed by atoms with Gasteiger partial charge in [-0.05, 0) is 43.0 Å². The third-order valence-electron chi connectivity index (χ3n) is 2.86. The second-order valence-corrected chi connectivity index (χ2v) is 7.84. The number of hydrogen-bond donors (Lipinski definition) is 3.